The van der Waals surface area contributed by atoms with Crippen LogP contribution in [0.2, 0.25) is 0 Å². The van der Waals surface area contributed by atoms with Crippen LogP contribution in [0.1, 0.15) is 6.42 Å². The fraction of sp³-hybridized carbons (Fsp3) is 1.00. The van der Waals surface area contributed by atoms with E-state index in [1.165, 1.54) is 13.0 Å². The SMILES string of the molecule is IN1CCCN1. The summed E-state index contributed by atoms with van der Waals surface area (Å²) < 4.78 is 2.08. The Labute approximate surface area is 51.4 Å². The molecule has 0 amide bonds. The third kappa shape index (κ3) is 1.06. The number of hydrazine groups is 1. The second kappa shape index (κ2) is 2.09. The standard InChI is InChI=1S/C3H7IN2/c4-6-3-1-2-5-6/h5H,1-3H2. The van der Waals surface area contributed by atoms with Crippen LogP contribution in [0, 0.1) is 0 Å². The van der Waals surface area contributed by atoms with Gasteiger partial charge in [0.25, 0.3) is 0 Å². The van der Waals surface area contributed by atoms with Gasteiger partial charge in [0.2, 0.25) is 0 Å². The van der Waals surface area contributed by atoms with Crippen molar-refractivity contribution in [3.05, 3.63) is 0 Å². The molecule has 36 valence electrons. The predicted molar refractivity (Wildman–Crippen MR) is 33.3 cm³/mol. The fourth-order valence-electron chi connectivity index (χ4n) is 0.497. The molecule has 1 rings (SSSR count). The first-order valence-electron chi connectivity index (χ1n) is 2.06. The zero-order valence-electron chi connectivity index (χ0n) is 3.45. The van der Waals surface area contributed by atoms with Crippen LogP contribution in [0.5, 0.6) is 0 Å². The number of nitrogens with zero attached hydrogens (tertiary/aromatic N) is 1. The molecule has 1 fully saturated rings. The summed E-state index contributed by atoms with van der Waals surface area (Å²) in [5.41, 5.74) is 3.14. The van der Waals surface area contributed by atoms with Crippen LogP contribution in [0.25, 0.3) is 0 Å². The maximum Gasteiger partial charge on any atom is 0.0367 e. The van der Waals surface area contributed by atoms with Crippen molar-refractivity contribution in [2.75, 3.05) is 13.1 Å². The maximum atomic E-state index is 3.14. The van der Waals surface area contributed by atoms with E-state index >= 15 is 0 Å². The van der Waals surface area contributed by atoms with Crippen LogP contribution >= 0.6 is 22.9 Å². The van der Waals surface area contributed by atoms with E-state index in [1.807, 2.05) is 0 Å². The lowest BCUT2D eigenvalue weighted by atomic mass is 10.5. The molecule has 0 aromatic heterocycles. The first-order valence-corrected chi connectivity index (χ1v) is 3.03. The highest BCUT2D eigenvalue weighted by molar-refractivity contribution is 14.1. The zero-order valence-corrected chi connectivity index (χ0v) is 5.60. The van der Waals surface area contributed by atoms with E-state index < -0.39 is 0 Å². The Morgan fingerprint density at radius 3 is 2.67 bits per heavy atom. The molecule has 1 heterocycles. The monoisotopic (exact) mass is 198 g/mol. The highest BCUT2D eigenvalue weighted by Gasteiger charge is 2.03. The van der Waals surface area contributed by atoms with Gasteiger partial charge >= 0.3 is 0 Å². The molecule has 2 nitrogen and oxygen atoms in total. The Morgan fingerprint density at radius 2 is 2.50 bits per heavy atom. The van der Waals surface area contributed by atoms with Gasteiger partial charge in [-0.05, 0) is 6.42 Å². The molecule has 0 atom stereocenters. The van der Waals surface area contributed by atoms with Crippen molar-refractivity contribution in [1.29, 1.82) is 0 Å². The summed E-state index contributed by atoms with van der Waals surface area (Å²) in [4.78, 5) is 0. The summed E-state index contributed by atoms with van der Waals surface area (Å²) in [5, 5.41) is 0. The molecule has 1 aliphatic rings. The smallest absolute Gasteiger partial charge is 0.0367 e. The molecule has 0 saturated carbocycles. The van der Waals surface area contributed by atoms with Gasteiger partial charge < -0.3 is 0 Å². The van der Waals surface area contributed by atoms with Gasteiger partial charge in [0.15, 0.2) is 0 Å². The van der Waals surface area contributed by atoms with E-state index in [0.29, 0.717) is 0 Å². The van der Waals surface area contributed by atoms with Crippen molar-refractivity contribution in [2.24, 2.45) is 0 Å². The molecule has 0 aromatic rings. The van der Waals surface area contributed by atoms with Crippen molar-refractivity contribution < 1.29 is 0 Å². The normalized spacial score (nSPS) is 25.5. The van der Waals surface area contributed by atoms with Crippen molar-refractivity contribution in [3.8, 4) is 0 Å². The van der Waals surface area contributed by atoms with Crippen molar-refractivity contribution in [2.45, 2.75) is 6.42 Å². The fourth-order valence-corrected chi connectivity index (χ4v) is 1.08. The molecule has 0 spiro atoms. The summed E-state index contributed by atoms with van der Waals surface area (Å²) in [6.07, 6.45) is 1.29. The van der Waals surface area contributed by atoms with E-state index in [2.05, 4.69) is 31.5 Å². The average Bonchev–Trinajstić information content (AvgIpc) is 1.86. The first-order chi connectivity index (χ1) is 2.89. The Balaban J connectivity index is 2.18. The Kier molecular flexibility index (Phi) is 1.67. The maximum absolute atomic E-state index is 3.14. The minimum absolute atomic E-state index is 1.16. The number of nitrogens with one attached hydrogen (secondary N) is 1. The van der Waals surface area contributed by atoms with Crippen LogP contribution in [0.15, 0.2) is 0 Å². The topological polar surface area (TPSA) is 15.3 Å². The predicted octanol–water partition coefficient (Wildman–Crippen LogP) is 0.547. The molecule has 1 saturated heterocycles. The molecule has 0 radical (unpaired) electrons. The molecule has 1 aliphatic heterocycles. The van der Waals surface area contributed by atoms with Crippen LogP contribution < -0.4 is 5.43 Å². The van der Waals surface area contributed by atoms with Crippen molar-refractivity contribution >= 4 is 22.9 Å². The first kappa shape index (κ1) is 4.80. The van der Waals surface area contributed by atoms with E-state index in [4.69, 9.17) is 0 Å². The molecule has 0 bridgehead atoms. The van der Waals surface area contributed by atoms with Crippen LogP contribution in [-0.2, 0) is 0 Å². The van der Waals surface area contributed by atoms with Gasteiger partial charge in [-0.25, -0.2) is 5.43 Å². The van der Waals surface area contributed by atoms with Crippen molar-refractivity contribution in [3.63, 3.8) is 0 Å². The quantitative estimate of drug-likeness (QED) is 0.451. The lowest BCUT2D eigenvalue weighted by Crippen LogP contribution is -2.18. The molecular formula is C3H7IN2. The second-order valence-corrected chi connectivity index (χ2v) is 2.51. The number of rotatable bonds is 0. The number of hydrogen-bond donors (Lipinski definition) is 1. The van der Waals surface area contributed by atoms with Crippen LogP contribution in [-0.4, -0.2) is 16.3 Å². The van der Waals surface area contributed by atoms with E-state index in [9.17, 15) is 0 Å². The lowest BCUT2D eigenvalue weighted by Gasteiger charge is -1.99. The largest absolute Gasteiger partial charge is 0.246 e. The summed E-state index contributed by atoms with van der Waals surface area (Å²) in [6.45, 7) is 2.35. The minimum Gasteiger partial charge on any atom is -0.246 e. The Morgan fingerprint density at radius 1 is 1.67 bits per heavy atom. The van der Waals surface area contributed by atoms with Crippen LogP contribution in [0.3, 0.4) is 0 Å². The number of hydrogen-bond acceptors (Lipinski definition) is 2. The van der Waals surface area contributed by atoms with Gasteiger partial charge in [-0.2, -0.15) is 3.22 Å². The Bertz CT molecular complexity index is 42.1. The summed E-state index contributed by atoms with van der Waals surface area (Å²) >= 11 is 2.25. The average molecular weight is 198 g/mol. The van der Waals surface area contributed by atoms with E-state index in [0.717, 1.165) is 6.54 Å². The molecule has 0 aromatic carbocycles. The van der Waals surface area contributed by atoms with E-state index in [-0.39, 0.29) is 0 Å². The molecule has 3 heteroatoms. The molecule has 0 unspecified atom stereocenters. The summed E-state index contributed by atoms with van der Waals surface area (Å²) in [7, 11) is 0. The Hall–Kier alpha value is 0.650. The number of halogens is 1. The van der Waals surface area contributed by atoms with Crippen LogP contribution in [0.4, 0.5) is 0 Å². The van der Waals surface area contributed by atoms with E-state index in [1.54, 1.807) is 0 Å². The lowest BCUT2D eigenvalue weighted by molar-refractivity contribution is 0.501. The summed E-state index contributed by atoms with van der Waals surface area (Å²) in [5.74, 6) is 0. The minimum atomic E-state index is 1.16. The van der Waals surface area contributed by atoms with Gasteiger partial charge in [0, 0.05) is 36.0 Å². The molecule has 0 aliphatic carbocycles. The third-order valence-electron chi connectivity index (χ3n) is 0.815. The second-order valence-electron chi connectivity index (χ2n) is 1.35. The van der Waals surface area contributed by atoms with Gasteiger partial charge in [-0.1, -0.05) is 0 Å². The molecule has 1 N–H and O–H groups in total. The third-order valence-corrected chi connectivity index (χ3v) is 1.64. The zero-order chi connectivity index (χ0) is 4.41. The van der Waals surface area contributed by atoms with Gasteiger partial charge in [-0.3, -0.25) is 0 Å². The van der Waals surface area contributed by atoms with Crippen molar-refractivity contribution in [1.82, 2.24) is 8.65 Å². The highest BCUT2D eigenvalue weighted by atomic mass is 127. The van der Waals surface area contributed by atoms with Gasteiger partial charge in [0.1, 0.15) is 0 Å². The van der Waals surface area contributed by atoms with Gasteiger partial charge in [0.05, 0.1) is 0 Å². The molecule has 6 heavy (non-hydrogen) atoms. The summed E-state index contributed by atoms with van der Waals surface area (Å²) in [6, 6.07) is 0. The highest BCUT2D eigenvalue weighted by Crippen LogP contribution is 2.00. The van der Waals surface area contributed by atoms with Gasteiger partial charge in [-0.15, -0.1) is 0 Å². The molecular weight excluding hydrogens is 191 g/mol.